The molecule has 0 aliphatic heterocycles. The Kier molecular flexibility index (Phi) is 7.26. The molecule has 0 saturated carbocycles. The summed E-state index contributed by atoms with van der Waals surface area (Å²) in [6.45, 7) is -0.0314. The van der Waals surface area contributed by atoms with Gasteiger partial charge in [-0.2, -0.15) is 0 Å². The molecule has 0 aliphatic carbocycles. The highest BCUT2D eigenvalue weighted by atomic mass is 79.9. The highest BCUT2D eigenvalue weighted by Gasteiger charge is 2.20. The van der Waals surface area contributed by atoms with Crippen LogP contribution in [0.15, 0.2) is 55.1 Å². The Morgan fingerprint density at radius 3 is 1.52 bits per heavy atom. The fraction of sp³-hybridized carbons (Fsp3) is 0.250. The quantitative estimate of drug-likeness (QED) is 0.585. The third kappa shape index (κ3) is 4.95. The van der Waals surface area contributed by atoms with E-state index in [1.807, 2.05) is 0 Å². The molecule has 6 nitrogen and oxygen atoms in total. The molecule has 2 aromatic carbocycles. The summed E-state index contributed by atoms with van der Waals surface area (Å²) < 4.78 is 37.1. The van der Waals surface area contributed by atoms with E-state index < -0.39 is 9.84 Å². The standard InChI is InChI=1S/C16H16Br2O6S/c17-13-9-11(1-3-15(13)23-7-5-19)25(21,22)12-2-4-16(14(18)10-12)24-8-6-20/h1-4,9-10,19-20H,5-8H2. The molecule has 0 bridgehead atoms. The van der Waals surface area contributed by atoms with Gasteiger partial charge in [-0.05, 0) is 68.3 Å². The number of benzene rings is 2. The van der Waals surface area contributed by atoms with Crippen LogP contribution >= 0.6 is 31.9 Å². The van der Waals surface area contributed by atoms with Crippen LogP contribution in [0, 0.1) is 0 Å². The number of hydrogen-bond donors (Lipinski definition) is 2. The molecule has 0 heterocycles. The van der Waals surface area contributed by atoms with Gasteiger partial charge in [0.25, 0.3) is 0 Å². The zero-order valence-corrected chi connectivity index (χ0v) is 17.0. The van der Waals surface area contributed by atoms with Gasteiger partial charge in [0.1, 0.15) is 24.7 Å². The average molecular weight is 496 g/mol. The first-order valence-electron chi connectivity index (χ1n) is 7.21. The van der Waals surface area contributed by atoms with Gasteiger partial charge in [0.15, 0.2) is 0 Å². The fourth-order valence-electron chi connectivity index (χ4n) is 1.98. The van der Waals surface area contributed by atoms with E-state index in [1.54, 1.807) is 0 Å². The van der Waals surface area contributed by atoms with Crippen molar-refractivity contribution in [3.8, 4) is 11.5 Å². The van der Waals surface area contributed by atoms with Crippen molar-refractivity contribution in [2.45, 2.75) is 9.79 Å². The lowest BCUT2D eigenvalue weighted by Crippen LogP contribution is -2.06. The molecule has 25 heavy (non-hydrogen) atoms. The maximum atomic E-state index is 12.8. The topological polar surface area (TPSA) is 93.1 Å². The highest BCUT2D eigenvalue weighted by Crippen LogP contribution is 2.33. The molecular weight excluding hydrogens is 480 g/mol. The zero-order chi connectivity index (χ0) is 18.4. The number of rotatable bonds is 8. The fourth-order valence-corrected chi connectivity index (χ4v) is 4.58. The summed E-state index contributed by atoms with van der Waals surface area (Å²) in [6, 6.07) is 8.84. The van der Waals surface area contributed by atoms with Gasteiger partial charge in [0, 0.05) is 0 Å². The molecule has 0 aromatic heterocycles. The van der Waals surface area contributed by atoms with E-state index in [2.05, 4.69) is 31.9 Å². The first kappa shape index (κ1) is 20.2. The van der Waals surface area contributed by atoms with Gasteiger partial charge in [0.2, 0.25) is 9.84 Å². The van der Waals surface area contributed by atoms with Gasteiger partial charge in [0.05, 0.1) is 32.0 Å². The summed E-state index contributed by atoms with van der Waals surface area (Å²) in [5.74, 6) is 0.892. The molecule has 0 aliphatic rings. The Labute approximate surface area is 162 Å². The van der Waals surface area contributed by atoms with E-state index in [1.165, 1.54) is 36.4 Å². The van der Waals surface area contributed by atoms with E-state index in [0.29, 0.717) is 20.4 Å². The van der Waals surface area contributed by atoms with Gasteiger partial charge in [-0.25, -0.2) is 8.42 Å². The Morgan fingerprint density at radius 2 is 1.20 bits per heavy atom. The second-order valence-electron chi connectivity index (χ2n) is 4.83. The average Bonchev–Trinajstić information content (AvgIpc) is 2.59. The number of sulfone groups is 1. The normalized spacial score (nSPS) is 11.4. The van der Waals surface area contributed by atoms with E-state index in [4.69, 9.17) is 19.7 Å². The van der Waals surface area contributed by atoms with Crippen molar-refractivity contribution >= 4 is 41.7 Å². The van der Waals surface area contributed by atoms with Crippen molar-refractivity contribution in [3.63, 3.8) is 0 Å². The molecule has 0 amide bonds. The Morgan fingerprint density at radius 1 is 0.800 bits per heavy atom. The van der Waals surface area contributed by atoms with Crippen molar-refractivity contribution in [2.24, 2.45) is 0 Å². The summed E-state index contributed by atoms with van der Waals surface area (Å²) in [7, 11) is -3.73. The first-order valence-corrected chi connectivity index (χ1v) is 10.3. The highest BCUT2D eigenvalue weighted by molar-refractivity contribution is 9.10. The largest absolute Gasteiger partial charge is 0.490 e. The minimum absolute atomic E-state index is 0.103. The monoisotopic (exact) mass is 494 g/mol. The lowest BCUT2D eigenvalue weighted by Gasteiger charge is -2.11. The number of halogens is 2. The SMILES string of the molecule is O=S(=O)(c1ccc(OCCO)c(Br)c1)c1ccc(OCCO)c(Br)c1. The Balaban J connectivity index is 2.32. The van der Waals surface area contributed by atoms with Crippen molar-refractivity contribution in [2.75, 3.05) is 26.4 Å². The summed E-state index contributed by atoms with van der Waals surface area (Å²) in [6.07, 6.45) is 0. The number of aliphatic hydroxyl groups is 2. The minimum Gasteiger partial charge on any atom is -0.490 e. The van der Waals surface area contributed by atoms with Crippen LogP contribution in [0.25, 0.3) is 0 Å². The number of ether oxygens (including phenoxy) is 2. The molecule has 9 heteroatoms. The predicted octanol–water partition coefficient (Wildman–Crippen LogP) is 2.79. The van der Waals surface area contributed by atoms with Crippen LogP contribution in [0.5, 0.6) is 11.5 Å². The van der Waals surface area contributed by atoms with Crippen LogP contribution in [-0.2, 0) is 9.84 Å². The van der Waals surface area contributed by atoms with Crippen LogP contribution in [0.1, 0.15) is 0 Å². The number of aliphatic hydroxyl groups excluding tert-OH is 2. The Bertz CT molecular complexity index is 775. The predicted molar refractivity (Wildman–Crippen MR) is 98.9 cm³/mol. The third-order valence-corrected chi connectivity index (χ3v) is 6.11. The van der Waals surface area contributed by atoms with E-state index in [9.17, 15) is 8.42 Å². The molecule has 0 spiro atoms. The summed E-state index contributed by atoms with van der Waals surface area (Å²) in [5.41, 5.74) is 0. The van der Waals surface area contributed by atoms with Gasteiger partial charge < -0.3 is 19.7 Å². The maximum absolute atomic E-state index is 12.8. The lowest BCUT2D eigenvalue weighted by molar-refractivity contribution is 0.200. The molecule has 0 fully saturated rings. The smallest absolute Gasteiger partial charge is 0.206 e. The summed E-state index contributed by atoms with van der Waals surface area (Å²) in [4.78, 5) is 0.207. The van der Waals surface area contributed by atoms with Crippen molar-refractivity contribution in [3.05, 3.63) is 45.3 Å². The van der Waals surface area contributed by atoms with E-state index >= 15 is 0 Å². The Hall–Kier alpha value is -1.13. The van der Waals surface area contributed by atoms with Crippen molar-refractivity contribution in [1.29, 1.82) is 0 Å². The molecule has 2 aromatic rings. The molecule has 0 saturated heterocycles. The second-order valence-corrected chi connectivity index (χ2v) is 8.49. The molecule has 2 rings (SSSR count). The lowest BCUT2D eigenvalue weighted by atomic mass is 10.3. The maximum Gasteiger partial charge on any atom is 0.206 e. The molecule has 136 valence electrons. The van der Waals surface area contributed by atoms with Crippen LogP contribution in [-0.4, -0.2) is 45.1 Å². The third-order valence-electron chi connectivity index (χ3n) is 3.12. The van der Waals surface area contributed by atoms with Crippen LogP contribution in [0.4, 0.5) is 0 Å². The van der Waals surface area contributed by atoms with E-state index in [-0.39, 0.29) is 36.2 Å². The van der Waals surface area contributed by atoms with Gasteiger partial charge in [-0.15, -0.1) is 0 Å². The van der Waals surface area contributed by atoms with Gasteiger partial charge in [-0.3, -0.25) is 0 Å². The summed E-state index contributed by atoms with van der Waals surface area (Å²) >= 11 is 6.55. The van der Waals surface area contributed by atoms with Crippen LogP contribution in [0.3, 0.4) is 0 Å². The van der Waals surface area contributed by atoms with Crippen molar-refractivity contribution < 1.29 is 28.1 Å². The number of hydrogen-bond acceptors (Lipinski definition) is 6. The summed E-state index contributed by atoms with van der Waals surface area (Å²) in [5, 5.41) is 17.6. The van der Waals surface area contributed by atoms with Gasteiger partial charge in [-0.1, -0.05) is 0 Å². The molecule has 0 unspecified atom stereocenters. The van der Waals surface area contributed by atoms with Crippen LogP contribution < -0.4 is 9.47 Å². The van der Waals surface area contributed by atoms with Crippen LogP contribution in [0.2, 0.25) is 0 Å². The molecule has 2 N–H and O–H groups in total. The van der Waals surface area contributed by atoms with Crippen molar-refractivity contribution in [1.82, 2.24) is 0 Å². The second kappa shape index (κ2) is 9.00. The van der Waals surface area contributed by atoms with Gasteiger partial charge >= 0.3 is 0 Å². The first-order chi connectivity index (χ1) is 11.9. The molecular formula is C16H16Br2O6S. The van der Waals surface area contributed by atoms with E-state index in [0.717, 1.165) is 0 Å². The molecule has 0 radical (unpaired) electrons. The molecule has 0 atom stereocenters. The minimum atomic E-state index is -3.73. The zero-order valence-electron chi connectivity index (χ0n) is 13.0.